The number of fused-ring (bicyclic) bond motifs is 1. The fraction of sp³-hybridized carbons (Fsp3) is 0.250. The number of ether oxygens (including phenoxy) is 1. The quantitative estimate of drug-likeness (QED) is 0.412. The Morgan fingerprint density at radius 2 is 1.58 bits per heavy atom. The number of piperazine rings is 1. The summed E-state index contributed by atoms with van der Waals surface area (Å²) in [6.45, 7) is 7.81. The number of pyridine rings is 1. The van der Waals surface area contributed by atoms with Gasteiger partial charge in [0, 0.05) is 54.8 Å². The van der Waals surface area contributed by atoms with E-state index in [1.807, 2.05) is 24.4 Å². The van der Waals surface area contributed by atoms with E-state index in [9.17, 15) is 0 Å². The van der Waals surface area contributed by atoms with Crippen LogP contribution < -0.4 is 15.0 Å². The molecule has 33 heavy (non-hydrogen) atoms. The lowest BCUT2D eigenvalue weighted by Crippen LogP contribution is -2.46. The first kappa shape index (κ1) is 21.3. The first-order chi connectivity index (χ1) is 16.2. The molecule has 0 atom stereocenters. The maximum absolute atomic E-state index is 5.29. The molecule has 1 aliphatic heterocycles. The Balaban J connectivity index is 1.37. The number of hydrogen-bond donors (Lipinski definition) is 1. The zero-order valence-electron chi connectivity index (χ0n) is 19.3. The SMILES string of the molecule is CCN1CCN(c2ccc(Nc3ccnc4ccc(-c5ccc(OC)cc5)cc34)cc2)CC1. The molecule has 0 spiro atoms. The van der Waals surface area contributed by atoms with Crippen LogP contribution in [0.1, 0.15) is 6.92 Å². The van der Waals surface area contributed by atoms with Crippen molar-refractivity contribution in [1.82, 2.24) is 9.88 Å². The summed E-state index contributed by atoms with van der Waals surface area (Å²) in [5.41, 5.74) is 6.70. The third-order valence-corrected chi connectivity index (χ3v) is 6.50. The van der Waals surface area contributed by atoms with E-state index in [4.69, 9.17) is 4.74 Å². The summed E-state index contributed by atoms with van der Waals surface area (Å²) in [5.74, 6) is 0.860. The van der Waals surface area contributed by atoms with Gasteiger partial charge in [0.2, 0.25) is 0 Å². The largest absolute Gasteiger partial charge is 0.497 e. The molecule has 3 aromatic carbocycles. The molecule has 5 nitrogen and oxygen atoms in total. The Morgan fingerprint density at radius 3 is 2.27 bits per heavy atom. The van der Waals surface area contributed by atoms with E-state index in [2.05, 4.69) is 81.6 Å². The summed E-state index contributed by atoms with van der Waals surface area (Å²) in [6.07, 6.45) is 1.86. The Labute approximate surface area is 195 Å². The lowest BCUT2D eigenvalue weighted by Gasteiger charge is -2.35. The summed E-state index contributed by atoms with van der Waals surface area (Å²) in [7, 11) is 1.69. The number of benzene rings is 3. The van der Waals surface area contributed by atoms with Gasteiger partial charge in [-0.25, -0.2) is 0 Å². The lowest BCUT2D eigenvalue weighted by molar-refractivity contribution is 0.271. The average Bonchev–Trinajstić information content (AvgIpc) is 2.89. The molecular formula is C28H30N4O. The van der Waals surface area contributed by atoms with Crippen molar-refractivity contribution in [1.29, 1.82) is 0 Å². The van der Waals surface area contributed by atoms with Crippen LogP contribution in [0.15, 0.2) is 79.0 Å². The van der Waals surface area contributed by atoms with Crippen LogP contribution >= 0.6 is 0 Å². The highest BCUT2D eigenvalue weighted by atomic mass is 16.5. The van der Waals surface area contributed by atoms with Gasteiger partial charge in [0.1, 0.15) is 5.75 Å². The topological polar surface area (TPSA) is 40.6 Å². The van der Waals surface area contributed by atoms with E-state index < -0.39 is 0 Å². The molecule has 168 valence electrons. The number of methoxy groups -OCH3 is 1. The molecule has 0 unspecified atom stereocenters. The predicted octanol–water partition coefficient (Wildman–Crippen LogP) is 5.80. The van der Waals surface area contributed by atoms with Gasteiger partial charge in [-0.15, -0.1) is 0 Å². The second kappa shape index (κ2) is 9.51. The molecule has 2 heterocycles. The Morgan fingerprint density at radius 1 is 0.848 bits per heavy atom. The number of nitrogens with one attached hydrogen (secondary N) is 1. The molecule has 0 radical (unpaired) electrons. The number of rotatable bonds is 6. The van der Waals surface area contributed by atoms with Crippen molar-refractivity contribution < 1.29 is 4.74 Å². The molecule has 5 heteroatoms. The van der Waals surface area contributed by atoms with Crippen molar-refractivity contribution >= 4 is 28.0 Å². The molecule has 5 rings (SSSR count). The van der Waals surface area contributed by atoms with Crippen LogP contribution in [0.2, 0.25) is 0 Å². The molecule has 1 N–H and O–H groups in total. The summed E-state index contributed by atoms with van der Waals surface area (Å²) >= 11 is 0. The van der Waals surface area contributed by atoms with Crippen molar-refractivity contribution in [3.05, 3.63) is 79.0 Å². The van der Waals surface area contributed by atoms with Gasteiger partial charge >= 0.3 is 0 Å². The first-order valence-electron chi connectivity index (χ1n) is 11.6. The number of anilines is 3. The molecule has 1 saturated heterocycles. The molecule has 0 aliphatic carbocycles. The van der Waals surface area contributed by atoms with Crippen LogP contribution in [0, 0.1) is 0 Å². The van der Waals surface area contributed by atoms with E-state index in [-0.39, 0.29) is 0 Å². The van der Waals surface area contributed by atoms with Gasteiger partial charge in [-0.2, -0.15) is 0 Å². The fourth-order valence-corrected chi connectivity index (χ4v) is 4.45. The number of nitrogens with zero attached hydrogens (tertiary/aromatic N) is 3. The third kappa shape index (κ3) is 4.64. The minimum absolute atomic E-state index is 0.860. The zero-order valence-corrected chi connectivity index (χ0v) is 19.3. The summed E-state index contributed by atoms with van der Waals surface area (Å²) in [6, 6.07) is 25.4. The molecule has 4 aromatic rings. The highest BCUT2D eigenvalue weighted by Gasteiger charge is 2.15. The summed E-state index contributed by atoms with van der Waals surface area (Å²) in [5, 5.41) is 4.71. The monoisotopic (exact) mass is 438 g/mol. The van der Waals surface area contributed by atoms with Crippen molar-refractivity contribution in [2.24, 2.45) is 0 Å². The number of likely N-dealkylation sites (N-methyl/N-ethyl adjacent to an activating group) is 1. The van der Waals surface area contributed by atoms with E-state index in [1.54, 1.807) is 7.11 Å². The Kier molecular flexibility index (Phi) is 6.13. The zero-order chi connectivity index (χ0) is 22.6. The van der Waals surface area contributed by atoms with Gasteiger partial charge in [0.15, 0.2) is 0 Å². The first-order valence-corrected chi connectivity index (χ1v) is 11.6. The molecule has 0 bridgehead atoms. The van der Waals surface area contributed by atoms with E-state index in [1.165, 1.54) is 5.69 Å². The average molecular weight is 439 g/mol. The minimum atomic E-state index is 0.860. The van der Waals surface area contributed by atoms with E-state index in [0.717, 1.165) is 71.9 Å². The number of aromatic nitrogens is 1. The second-order valence-electron chi connectivity index (χ2n) is 8.41. The predicted molar refractivity (Wildman–Crippen MR) is 138 cm³/mol. The fourth-order valence-electron chi connectivity index (χ4n) is 4.45. The minimum Gasteiger partial charge on any atom is -0.497 e. The van der Waals surface area contributed by atoms with Gasteiger partial charge in [-0.1, -0.05) is 25.1 Å². The van der Waals surface area contributed by atoms with E-state index >= 15 is 0 Å². The van der Waals surface area contributed by atoms with Crippen LogP contribution in [0.4, 0.5) is 17.1 Å². The van der Waals surface area contributed by atoms with Gasteiger partial charge < -0.3 is 19.9 Å². The van der Waals surface area contributed by atoms with Crippen LogP contribution in [-0.4, -0.2) is 49.7 Å². The summed E-state index contributed by atoms with van der Waals surface area (Å²) < 4.78 is 5.29. The summed E-state index contributed by atoms with van der Waals surface area (Å²) in [4.78, 5) is 9.54. The van der Waals surface area contributed by atoms with Crippen molar-refractivity contribution in [2.75, 3.05) is 50.1 Å². The second-order valence-corrected chi connectivity index (χ2v) is 8.41. The molecule has 1 aliphatic rings. The van der Waals surface area contributed by atoms with Crippen LogP contribution in [-0.2, 0) is 0 Å². The lowest BCUT2D eigenvalue weighted by atomic mass is 10.0. The van der Waals surface area contributed by atoms with Crippen LogP contribution in [0.25, 0.3) is 22.0 Å². The highest BCUT2D eigenvalue weighted by molar-refractivity contribution is 5.95. The maximum Gasteiger partial charge on any atom is 0.118 e. The van der Waals surface area contributed by atoms with Crippen molar-refractivity contribution in [3.63, 3.8) is 0 Å². The van der Waals surface area contributed by atoms with Crippen molar-refractivity contribution in [3.8, 4) is 16.9 Å². The molecule has 1 aromatic heterocycles. The maximum atomic E-state index is 5.29. The molecular weight excluding hydrogens is 408 g/mol. The third-order valence-electron chi connectivity index (χ3n) is 6.50. The van der Waals surface area contributed by atoms with Crippen molar-refractivity contribution in [2.45, 2.75) is 6.92 Å². The van der Waals surface area contributed by atoms with Crippen LogP contribution in [0.5, 0.6) is 5.75 Å². The normalized spacial score (nSPS) is 14.4. The van der Waals surface area contributed by atoms with Gasteiger partial charge in [-0.05, 0) is 72.3 Å². The smallest absolute Gasteiger partial charge is 0.118 e. The van der Waals surface area contributed by atoms with Gasteiger partial charge in [0.25, 0.3) is 0 Å². The van der Waals surface area contributed by atoms with Gasteiger partial charge in [0.05, 0.1) is 12.6 Å². The standard InChI is InChI=1S/C28H30N4O/c1-3-31-16-18-32(19-17-31)24-9-7-23(8-10-24)30-28-14-15-29-27-13-6-22(20-26(27)28)21-4-11-25(33-2)12-5-21/h4-15,20H,3,16-19H2,1-2H3,(H,29,30). The highest BCUT2D eigenvalue weighted by Crippen LogP contribution is 2.31. The van der Waals surface area contributed by atoms with E-state index in [0.29, 0.717) is 0 Å². The number of hydrogen-bond acceptors (Lipinski definition) is 5. The molecule has 0 amide bonds. The Hall–Kier alpha value is -3.57. The Bertz CT molecular complexity index is 1210. The molecule has 0 saturated carbocycles. The van der Waals surface area contributed by atoms with Crippen LogP contribution in [0.3, 0.4) is 0 Å². The molecule has 1 fully saturated rings. The van der Waals surface area contributed by atoms with Gasteiger partial charge in [-0.3, -0.25) is 4.98 Å².